The number of aromatic hydroxyl groups is 1. The van der Waals surface area contributed by atoms with Crippen LogP contribution in [0.1, 0.15) is 47.1 Å². The van der Waals surface area contributed by atoms with Gasteiger partial charge in [0.1, 0.15) is 5.75 Å². The average molecular weight is 421 g/mol. The second-order valence-corrected chi connectivity index (χ2v) is 7.51. The van der Waals surface area contributed by atoms with Gasteiger partial charge in [0.25, 0.3) is 0 Å². The fourth-order valence-electron chi connectivity index (χ4n) is 4.08. The molecule has 3 rings (SSSR count). The highest BCUT2D eigenvalue weighted by Gasteiger charge is 2.38. The van der Waals surface area contributed by atoms with E-state index in [2.05, 4.69) is 0 Å². The van der Waals surface area contributed by atoms with E-state index < -0.39 is 24.0 Å². The van der Waals surface area contributed by atoms with Gasteiger partial charge in [0.15, 0.2) is 0 Å². The maximum absolute atomic E-state index is 12.4. The van der Waals surface area contributed by atoms with Crippen LogP contribution in [0, 0.1) is 5.92 Å². The Kier molecular flexibility index (Phi) is 6.05. The number of amides is 1. The molecule has 160 valence electrons. The van der Waals surface area contributed by atoms with E-state index in [1.54, 1.807) is 36.4 Å². The van der Waals surface area contributed by atoms with Crippen LogP contribution in [0.5, 0.6) is 5.75 Å². The molecule has 0 spiro atoms. The first-order chi connectivity index (χ1) is 14.1. The standard InChI is InChI=1S/C22H22F3NO4/c1-2-17(20(28)29)19-10-13-4-5-16(27)9-14(13)8-15-7-12(3-6-18(15)19)11-26-21(30)22(23,24)25/h3-7,9,17,19,27H,2,8,10-11H2,1H3,(H,26,30)(H,28,29). The van der Waals surface area contributed by atoms with Gasteiger partial charge >= 0.3 is 18.1 Å². The van der Waals surface area contributed by atoms with Crippen molar-refractivity contribution in [1.82, 2.24) is 5.32 Å². The van der Waals surface area contributed by atoms with E-state index >= 15 is 0 Å². The summed E-state index contributed by atoms with van der Waals surface area (Å²) in [7, 11) is 0. The van der Waals surface area contributed by atoms with Crippen molar-refractivity contribution in [1.29, 1.82) is 0 Å². The van der Waals surface area contributed by atoms with Crippen LogP contribution in [0.3, 0.4) is 0 Å². The second-order valence-electron chi connectivity index (χ2n) is 7.51. The van der Waals surface area contributed by atoms with Crippen LogP contribution < -0.4 is 5.32 Å². The van der Waals surface area contributed by atoms with Crippen LogP contribution in [0.2, 0.25) is 0 Å². The molecule has 0 fully saturated rings. The maximum atomic E-state index is 12.4. The first-order valence-corrected chi connectivity index (χ1v) is 9.60. The highest BCUT2D eigenvalue weighted by Crippen LogP contribution is 2.39. The molecule has 30 heavy (non-hydrogen) atoms. The molecule has 2 aromatic carbocycles. The quantitative estimate of drug-likeness (QED) is 0.683. The van der Waals surface area contributed by atoms with Crippen LogP contribution in [0.4, 0.5) is 13.2 Å². The summed E-state index contributed by atoms with van der Waals surface area (Å²) in [4.78, 5) is 23.0. The molecule has 5 nitrogen and oxygen atoms in total. The van der Waals surface area contributed by atoms with Gasteiger partial charge in [-0.1, -0.05) is 31.2 Å². The Balaban J connectivity index is 1.99. The molecule has 1 aliphatic rings. The molecule has 0 aromatic heterocycles. The van der Waals surface area contributed by atoms with Crippen LogP contribution in [-0.4, -0.2) is 28.3 Å². The third kappa shape index (κ3) is 4.58. The molecule has 1 amide bonds. The first-order valence-electron chi connectivity index (χ1n) is 9.60. The number of carbonyl (C=O) groups excluding carboxylic acids is 1. The minimum atomic E-state index is -4.96. The lowest BCUT2D eigenvalue weighted by atomic mass is 9.79. The van der Waals surface area contributed by atoms with Gasteiger partial charge < -0.3 is 15.5 Å². The van der Waals surface area contributed by atoms with Crippen molar-refractivity contribution in [3.63, 3.8) is 0 Å². The van der Waals surface area contributed by atoms with Crippen molar-refractivity contribution in [2.75, 3.05) is 0 Å². The second kappa shape index (κ2) is 8.38. The Labute approximate surface area is 171 Å². The molecular weight excluding hydrogens is 399 g/mol. The zero-order valence-electron chi connectivity index (χ0n) is 16.3. The topological polar surface area (TPSA) is 86.6 Å². The van der Waals surface area contributed by atoms with E-state index in [9.17, 15) is 33.0 Å². The Hall–Kier alpha value is -3.03. The summed E-state index contributed by atoms with van der Waals surface area (Å²) in [5.41, 5.74) is 3.86. The molecule has 0 bridgehead atoms. The maximum Gasteiger partial charge on any atom is 0.471 e. The Morgan fingerprint density at radius 1 is 1.13 bits per heavy atom. The predicted molar refractivity (Wildman–Crippen MR) is 103 cm³/mol. The van der Waals surface area contributed by atoms with Crippen molar-refractivity contribution in [2.45, 2.75) is 44.8 Å². The lowest BCUT2D eigenvalue weighted by Gasteiger charge is -2.24. The van der Waals surface area contributed by atoms with E-state index in [1.165, 1.54) is 0 Å². The number of fused-ring (bicyclic) bond motifs is 2. The third-order valence-corrected chi connectivity index (χ3v) is 5.57. The summed E-state index contributed by atoms with van der Waals surface area (Å²) in [6, 6.07) is 10.0. The number of carboxylic acid groups (broad SMARTS) is 1. The molecule has 3 N–H and O–H groups in total. The number of phenols is 1. The van der Waals surface area contributed by atoms with E-state index in [1.807, 2.05) is 12.2 Å². The highest BCUT2D eigenvalue weighted by atomic mass is 19.4. The normalized spacial score (nSPS) is 16.7. The first kappa shape index (κ1) is 21.7. The fourth-order valence-corrected chi connectivity index (χ4v) is 4.08. The number of benzene rings is 2. The minimum Gasteiger partial charge on any atom is -0.508 e. The number of carbonyl (C=O) groups is 2. The molecule has 0 heterocycles. The van der Waals surface area contributed by atoms with Gasteiger partial charge in [-0.25, -0.2) is 0 Å². The van der Waals surface area contributed by atoms with Gasteiger partial charge in [0, 0.05) is 12.5 Å². The summed E-state index contributed by atoms with van der Waals surface area (Å²) < 4.78 is 37.3. The van der Waals surface area contributed by atoms with Crippen LogP contribution in [0.25, 0.3) is 0 Å². The van der Waals surface area contributed by atoms with E-state index in [0.717, 1.165) is 22.3 Å². The molecule has 0 saturated carbocycles. The molecule has 1 aliphatic carbocycles. The summed E-state index contributed by atoms with van der Waals surface area (Å²) in [5, 5.41) is 21.4. The number of rotatable bonds is 5. The fraction of sp³-hybridized carbons (Fsp3) is 0.364. The van der Waals surface area contributed by atoms with Crippen molar-refractivity contribution in [3.8, 4) is 5.75 Å². The number of halogens is 3. The lowest BCUT2D eigenvalue weighted by molar-refractivity contribution is -0.173. The number of phenolic OH excluding ortho intramolecular Hbond substituents is 1. The summed E-state index contributed by atoms with van der Waals surface area (Å²) in [6.45, 7) is 1.52. The Morgan fingerprint density at radius 3 is 2.50 bits per heavy atom. The molecule has 2 aromatic rings. The van der Waals surface area contributed by atoms with Crippen LogP contribution >= 0.6 is 0 Å². The van der Waals surface area contributed by atoms with E-state index in [-0.39, 0.29) is 18.2 Å². The molecular formula is C22H22F3NO4. The van der Waals surface area contributed by atoms with Crippen LogP contribution in [0.15, 0.2) is 36.4 Å². The number of hydrogen-bond acceptors (Lipinski definition) is 3. The summed E-state index contributed by atoms with van der Waals surface area (Å²) >= 11 is 0. The van der Waals surface area contributed by atoms with Crippen molar-refractivity contribution >= 4 is 11.9 Å². The largest absolute Gasteiger partial charge is 0.508 e. The monoisotopic (exact) mass is 421 g/mol. The Morgan fingerprint density at radius 2 is 1.87 bits per heavy atom. The SMILES string of the molecule is CCC(C(=O)O)C1Cc2ccc(O)cc2Cc2cc(CNC(=O)C(F)(F)F)ccc21. The van der Waals surface area contributed by atoms with Gasteiger partial charge in [0.2, 0.25) is 0 Å². The minimum absolute atomic E-state index is 0.0904. The van der Waals surface area contributed by atoms with Crippen molar-refractivity contribution in [2.24, 2.45) is 5.92 Å². The highest BCUT2D eigenvalue weighted by molar-refractivity contribution is 5.81. The molecule has 2 unspecified atom stereocenters. The Bertz CT molecular complexity index is 971. The van der Waals surface area contributed by atoms with Gasteiger partial charge in [-0.3, -0.25) is 9.59 Å². The third-order valence-electron chi connectivity index (χ3n) is 5.57. The van der Waals surface area contributed by atoms with Crippen molar-refractivity contribution in [3.05, 3.63) is 64.2 Å². The number of nitrogens with one attached hydrogen (secondary N) is 1. The van der Waals surface area contributed by atoms with E-state index in [4.69, 9.17) is 0 Å². The van der Waals surface area contributed by atoms with Gasteiger partial charge in [-0.05, 0) is 59.2 Å². The molecule has 8 heteroatoms. The number of alkyl halides is 3. The van der Waals surface area contributed by atoms with Crippen LogP contribution in [-0.2, 0) is 29.0 Å². The lowest BCUT2D eigenvalue weighted by Crippen LogP contribution is -2.36. The smallest absolute Gasteiger partial charge is 0.471 e. The van der Waals surface area contributed by atoms with Gasteiger partial charge in [-0.15, -0.1) is 0 Å². The van der Waals surface area contributed by atoms with Crippen molar-refractivity contribution < 1.29 is 33.0 Å². The molecule has 0 saturated heterocycles. The molecule has 0 radical (unpaired) electrons. The average Bonchev–Trinajstić information content (AvgIpc) is 2.81. The zero-order valence-corrected chi connectivity index (χ0v) is 16.3. The number of hydrogen-bond donors (Lipinski definition) is 3. The molecule has 2 atom stereocenters. The van der Waals surface area contributed by atoms with Gasteiger partial charge in [0.05, 0.1) is 5.92 Å². The number of aliphatic carboxylic acids is 1. The van der Waals surface area contributed by atoms with Gasteiger partial charge in [-0.2, -0.15) is 13.2 Å². The molecule has 0 aliphatic heterocycles. The zero-order chi connectivity index (χ0) is 22.1. The number of carboxylic acids is 1. The summed E-state index contributed by atoms with van der Waals surface area (Å²) in [5.74, 6) is -3.77. The predicted octanol–water partition coefficient (Wildman–Crippen LogP) is 3.91. The summed E-state index contributed by atoms with van der Waals surface area (Å²) in [6.07, 6.45) is -3.64. The van der Waals surface area contributed by atoms with E-state index in [0.29, 0.717) is 24.8 Å².